The van der Waals surface area contributed by atoms with E-state index in [1.165, 1.54) is 0 Å². The summed E-state index contributed by atoms with van der Waals surface area (Å²) in [4.78, 5) is 19.2. The topological polar surface area (TPSA) is 109 Å². The quantitative estimate of drug-likeness (QED) is 0.310. The summed E-state index contributed by atoms with van der Waals surface area (Å²) < 4.78 is 0. The van der Waals surface area contributed by atoms with Crippen molar-refractivity contribution in [2.75, 3.05) is 5.73 Å². The Hall–Kier alpha value is -4.30. The number of rotatable bonds is 4. The number of allylic oxidation sites excluding steroid dienone is 1. The van der Waals surface area contributed by atoms with Crippen LogP contribution in [0.15, 0.2) is 67.8 Å². The zero-order valence-corrected chi connectivity index (χ0v) is 18.6. The lowest BCUT2D eigenvalue weighted by atomic mass is 10.1. The van der Waals surface area contributed by atoms with Gasteiger partial charge in [0.15, 0.2) is 5.65 Å². The number of thiophene rings is 1. The molecule has 0 aliphatic rings. The molecule has 0 spiro atoms. The molecule has 0 aromatic carbocycles. The van der Waals surface area contributed by atoms with Crippen LogP contribution in [0.5, 0.6) is 0 Å². The van der Waals surface area contributed by atoms with Crippen molar-refractivity contribution in [2.24, 2.45) is 0 Å². The molecule has 0 radical (unpaired) electrons. The number of nitrogens with two attached hydrogens (primary N) is 1. The predicted molar refractivity (Wildman–Crippen MR) is 135 cm³/mol. The fraction of sp³-hybridized carbons (Fsp3) is 0.0400. The molecule has 0 saturated heterocycles. The average Bonchev–Trinajstić information content (AvgIpc) is 3.55. The predicted octanol–water partition coefficient (Wildman–Crippen LogP) is 5.91. The minimum absolute atomic E-state index is 0.610. The summed E-state index contributed by atoms with van der Waals surface area (Å²) in [5.74, 6) is 0. The number of nitrogens with zero attached hydrogens (tertiary/aromatic N) is 4. The maximum atomic E-state index is 5.92. The summed E-state index contributed by atoms with van der Waals surface area (Å²) in [5.41, 5.74) is 13.8. The van der Waals surface area contributed by atoms with Crippen molar-refractivity contribution in [3.8, 4) is 33.1 Å². The summed E-state index contributed by atoms with van der Waals surface area (Å²) >= 11 is 1.70. The highest BCUT2D eigenvalue weighted by atomic mass is 32.1. The molecule has 0 aliphatic carbocycles. The number of pyridine rings is 3. The summed E-state index contributed by atoms with van der Waals surface area (Å²) in [7, 11) is 0. The van der Waals surface area contributed by atoms with Crippen LogP contribution in [0, 0.1) is 0 Å². The van der Waals surface area contributed by atoms with Crippen molar-refractivity contribution < 1.29 is 0 Å². The molecule has 6 aromatic rings. The molecule has 0 amide bonds. The molecule has 7 nitrogen and oxygen atoms in total. The Balaban J connectivity index is 1.48. The molecule has 0 unspecified atom stereocenters. The molecule has 6 rings (SSSR count). The van der Waals surface area contributed by atoms with Crippen LogP contribution in [0.25, 0.3) is 60.6 Å². The van der Waals surface area contributed by atoms with E-state index in [1.54, 1.807) is 29.9 Å². The number of aromatic amines is 2. The van der Waals surface area contributed by atoms with Crippen molar-refractivity contribution >= 4 is 44.5 Å². The molecule has 0 aliphatic heterocycles. The van der Waals surface area contributed by atoms with Crippen molar-refractivity contribution in [2.45, 2.75) is 6.92 Å². The van der Waals surface area contributed by atoms with Gasteiger partial charge in [0.1, 0.15) is 0 Å². The third kappa shape index (κ3) is 3.28. The Labute approximate surface area is 193 Å². The molecule has 6 heterocycles. The first-order valence-corrected chi connectivity index (χ1v) is 11.2. The summed E-state index contributed by atoms with van der Waals surface area (Å²) in [6.07, 6.45) is 7.02. The van der Waals surface area contributed by atoms with E-state index in [0.29, 0.717) is 11.3 Å². The van der Waals surface area contributed by atoms with Gasteiger partial charge in [0.25, 0.3) is 0 Å². The van der Waals surface area contributed by atoms with Gasteiger partial charge < -0.3 is 10.7 Å². The van der Waals surface area contributed by atoms with E-state index >= 15 is 0 Å². The molecule has 33 heavy (non-hydrogen) atoms. The van der Waals surface area contributed by atoms with E-state index in [1.807, 2.05) is 25.3 Å². The second-order valence-corrected chi connectivity index (χ2v) is 9.03. The fourth-order valence-corrected chi connectivity index (χ4v) is 4.90. The molecular weight excluding hydrogens is 430 g/mol. The van der Waals surface area contributed by atoms with Gasteiger partial charge in [0.2, 0.25) is 0 Å². The summed E-state index contributed by atoms with van der Waals surface area (Å²) in [5, 5.41) is 9.51. The highest BCUT2D eigenvalue weighted by molar-refractivity contribution is 7.16. The number of hydrogen-bond acceptors (Lipinski definition) is 6. The monoisotopic (exact) mass is 449 g/mol. The number of hydrogen-bond donors (Lipinski definition) is 3. The second-order valence-electron chi connectivity index (χ2n) is 7.95. The van der Waals surface area contributed by atoms with E-state index in [0.717, 1.165) is 59.8 Å². The number of aromatic nitrogens is 6. The van der Waals surface area contributed by atoms with Gasteiger partial charge in [0.05, 0.1) is 27.6 Å². The van der Waals surface area contributed by atoms with Gasteiger partial charge in [-0.25, -0.2) is 4.98 Å². The molecule has 160 valence electrons. The third-order valence-electron chi connectivity index (χ3n) is 5.58. The number of anilines is 1. The lowest BCUT2D eigenvalue weighted by Crippen LogP contribution is -1.88. The maximum absolute atomic E-state index is 5.92. The van der Waals surface area contributed by atoms with Crippen LogP contribution in [0.1, 0.15) is 11.8 Å². The molecule has 8 heteroatoms. The normalized spacial score (nSPS) is 11.4. The number of nitrogen functional groups attached to an aromatic ring is 1. The van der Waals surface area contributed by atoms with Gasteiger partial charge in [-0.1, -0.05) is 6.58 Å². The Morgan fingerprint density at radius 3 is 2.70 bits per heavy atom. The molecule has 0 fully saturated rings. The van der Waals surface area contributed by atoms with Crippen LogP contribution in [0.2, 0.25) is 0 Å². The van der Waals surface area contributed by atoms with E-state index < -0.39 is 0 Å². The van der Waals surface area contributed by atoms with Crippen molar-refractivity contribution in [1.29, 1.82) is 0 Å². The zero-order valence-electron chi connectivity index (χ0n) is 17.8. The Morgan fingerprint density at radius 2 is 1.88 bits per heavy atom. The van der Waals surface area contributed by atoms with Gasteiger partial charge in [-0.05, 0) is 48.9 Å². The second kappa shape index (κ2) is 7.39. The number of nitrogens with one attached hydrogen (secondary N) is 2. The Kier molecular flexibility index (Phi) is 4.34. The third-order valence-corrected chi connectivity index (χ3v) is 6.83. The molecule has 4 N–H and O–H groups in total. The molecular formula is C25H19N7S. The first-order chi connectivity index (χ1) is 16.1. The minimum Gasteiger partial charge on any atom is -0.397 e. The van der Waals surface area contributed by atoms with Crippen molar-refractivity contribution in [1.82, 2.24) is 30.1 Å². The first-order valence-electron chi connectivity index (χ1n) is 10.4. The van der Waals surface area contributed by atoms with Gasteiger partial charge in [-0.2, -0.15) is 5.10 Å². The minimum atomic E-state index is 0.610. The van der Waals surface area contributed by atoms with Crippen LogP contribution in [-0.2, 0) is 0 Å². The summed E-state index contributed by atoms with van der Waals surface area (Å²) in [6.45, 7) is 6.07. The molecule has 0 saturated carbocycles. The Bertz CT molecular complexity index is 1670. The Morgan fingerprint density at radius 1 is 1.00 bits per heavy atom. The zero-order chi connectivity index (χ0) is 22.5. The molecule has 0 atom stereocenters. The highest BCUT2D eigenvalue weighted by Gasteiger charge is 2.16. The van der Waals surface area contributed by atoms with Gasteiger partial charge >= 0.3 is 0 Å². The van der Waals surface area contributed by atoms with E-state index in [-0.39, 0.29) is 0 Å². The van der Waals surface area contributed by atoms with E-state index in [9.17, 15) is 0 Å². The largest absolute Gasteiger partial charge is 0.397 e. The van der Waals surface area contributed by atoms with E-state index in [2.05, 4.69) is 61.0 Å². The molecule has 0 bridgehead atoms. The fourth-order valence-electron chi connectivity index (χ4n) is 3.96. The van der Waals surface area contributed by atoms with Crippen molar-refractivity contribution in [3.63, 3.8) is 0 Å². The highest BCUT2D eigenvalue weighted by Crippen LogP contribution is 2.37. The first kappa shape index (κ1) is 19.4. The molecule has 6 aromatic heterocycles. The van der Waals surface area contributed by atoms with Crippen LogP contribution >= 0.6 is 11.3 Å². The smallest absolute Gasteiger partial charge is 0.181 e. The standard InChI is InChI=1S/C25H19N7S/c1-13(2)21-3-4-22(33-21)24-17-9-20(30-19(17)5-6-28-24)23-18-8-15(11-29-25(18)32-31-23)14-7-16(26)12-27-10-14/h3-12,30H,1,26H2,2H3,(H,29,31,32). The van der Waals surface area contributed by atoms with Gasteiger partial charge in [0, 0.05) is 57.1 Å². The van der Waals surface area contributed by atoms with Gasteiger partial charge in [-0.15, -0.1) is 11.3 Å². The number of H-pyrrole nitrogens is 2. The van der Waals surface area contributed by atoms with Crippen LogP contribution in [-0.4, -0.2) is 30.1 Å². The van der Waals surface area contributed by atoms with Crippen LogP contribution in [0.4, 0.5) is 5.69 Å². The van der Waals surface area contributed by atoms with E-state index in [4.69, 9.17) is 5.73 Å². The lowest BCUT2D eigenvalue weighted by Gasteiger charge is -2.02. The summed E-state index contributed by atoms with van der Waals surface area (Å²) in [6, 6.07) is 12.2. The lowest BCUT2D eigenvalue weighted by molar-refractivity contribution is 1.10. The average molecular weight is 450 g/mol. The van der Waals surface area contributed by atoms with Crippen LogP contribution < -0.4 is 5.73 Å². The van der Waals surface area contributed by atoms with Crippen molar-refractivity contribution in [3.05, 3.63) is 72.6 Å². The number of fused-ring (bicyclic) bond motifs is 2. The van der Waals surface area contributed by atoms with Crippen LogP contribution in [0.3, 0.4) is 0 Å². The maximum Gasteiger partial charge on any atom is 0.181 e. The van der Waals surface area contributed by atoms with Gasteiger partial charge in [-0.3, -0.25) is 15.1 Å². The SMILES string of the molecule is C=C(C)c1ccc(-c2nccc3[nH]c(-c4[nH]nc5ncc(-c6cncc(N)c6)cc45)cc23)s1.